The van der Waals surface area contributed by atoms with Crippen molar-refractivity contribution in [1.29, 1.82) is 0 Å². The fourth-order valence-electron chi connectivity index (χ4n) is 2.51. The van der Waals surface area contributed by atoms with Crippen molar-refractivity contribution in [2.24, 2.45) is 5.92 Å². The molecule has 1 saturated heterocycles. The van der Waals surface area contributed by atoms with Crippen molar-refractivity contribution < 1.29 is 9.18 Å². The molecule has 0 radical (unpaired) electrons. The van der Waals surface area contributed by atoms with Crippen LogP contribution in [-0.2, 0) is 0 Å². The predicted molar refractivity (Wildman–Crippen MR) is 82.1 cm³/mol. The van der Waals surface area contributed by atoms with Crippen molar-refractivity contribution >= 4 is 18.2 Å². The molecule has 0 bridgehead atoms. The van der Waals surface area contributed by atoms with Crippen LogP contribution >= 0.6 is 12.4 Å². The lowest BCUT2D eigenvalue weighted by Gasteiger charge is -2.32. The molecule has 1 aliphatic heterocycles. The number of rotatable bonds is 5. The Morgan fingerprint density at radius 1 is 1.30 bits per heavy atom. The minimum atomic E-state index is -0.972. The van der Waals surface area contributed by atoms with E-state index < -0.39 is 6.30 Å². The van der Waals surface area contributed by atoms with Crippen LogP contribution in [0.5, 0.6) is 0 Å². The number of halogens is 2. The molecule has 2 rings (SSSR count). The molecule has 112 valence electrons. The molecule has 0 saturated carbocycles. The molecular formula is C16H23ClFNO. The lowest BCUT2D eigenvalue weighted by atomic mass is 9.98. The van der Waals surface area contributed by atoms with Crippen LogP contribution in [0.2, 0.25) is 0 Å². The molecule has 1 aromatic rings. The summed E-state index contributed by atoms with van der Waals surface area (Å²) in [5.41, 5.74) is 0.682. The van der Waals surface area contributed by atoms with Crippen LogP contribution in [-0.4, -0.2) is 30.1 Å². The van der Waals surface area contributed by atoms with Crippen molar-refractivity contribution in [2.75, 3.05) is 13.1 Å². The lowest BCUT2D eigenvalue weighted by molar-refractivity contribution is 0.0427. The van der Waals surface area contributed by atoms with Crippen LogP contribution < -0.4 is 0 Å². The molecule has 2 nitrogen and oxygen atoms in total. The third-order valence-corrected chi connectivity index (χ3v) is 3.92. The van der Waals surface area contributed by atoms with E-state index in [0.29, 0.717) is 17.9 Å². The standard InChI is InChI=1S/C16H22FNO.ClH/c1-13-9-11-18(12-10-13)16(17)8-7-15(19)14-5-3-2-4-6-14;/h2-6,13,16H,7-12H2,1H3;1H. The summed E-state index contributed by atoms with van der Waals surface area (Å²) in [6.45, 7) is 3.85. The number of alkyl halides is 1. The number of hydrogen-bond donors (Lipinski definition) is 0. The maximum atomic E-state index is 14.1. The van der Waals surface area contributed by atoms with Gasteiger partial charge in [-0.15, -0.1) is 12.4 Å². The number of ketones is 1. The van der Waals surface area contributed by atoms with Crippen LogP contribution in [0.25, 0.3) is 0 Å². The van der Waals surface area contributed by atoms with Gasteiger partial charge in [0, 0.05) is 25.1 Å². The van der Waals surface area contributed by atoms with Gasteiger partial charge in [0.2, 0.25) is 0 Å². The summed E-state index contributed by atoms with van der Waals surface area (Å²) < 4.78 is 14.1. The highest BCUT2D eigenvalue weighted by Gasteiger charge is 2.23. The van der Waals surface area contributed by atoms with Crippen molar-refractivity contribution in [3.8, 4) is 0 Å². The monoisotopic (exact) mass is 299 g/mol. The van der Waals surface area contributed by atoms with E-state index in [4.69, 9.17) is 0 Å². The van der Waals surface area contributed by atoms with Gasteiger partial charge in [0.05, 0.1) is 0 Å². The maximum Gasteiger partial charge on any atom is 0.163 e. The molecule has 0 spiro atoms. The second-order valence-corrected chi connectivity index (χ2v) is 5.48. The first-order valence-corrected chi connectivity index (χ1v) is 7.13. The molecule has 4 heteroatoms. The van der Waals surface area contributed by atoms with Gasteiger partial charge < -0.3 is 0 Å². The number of benzene rings is 1. The number of carbonyl (C=O) groups excluding carboxylic acids is 1. The molecule has 0 N–H and O–H groups in total. The molecule has 0 aliphatic carbocycles. The van der Waals surface area contributed by atoms with Gasteiger partial charge in [-0.1, -0.05) is 37.3 Å². The predicted octanol–water partition coefficient (Wildman–Crippen LogP) is 4.10. The first kappa shape index (κ1) is 17.1. The zero-order valence-corrected chi connectivity index (χ0v) is 12.7. The molecule has 20 heavy (non-hydrogen) atoms. The Bertz CT molecular complexity index is 404. The van der Waals surface area contributed by atoms with Crippen LogP contribution in [0.1, 0.15) is 43.0 Å². The van der Waals surface area contributed by atoms with Gasteiger partial charge in [0.1, 0.15) is 0 Å². The van der Waals surface area contributed by atoms with Crippen molar-refractivity contribution in [2.45, 2.75) is 38.9 Å². The zero-order valence-electron chi connectivity index (χ0n) is 11.9. The van der Waals surface area contributed by atoms with Gasteiger partial charge in [0.25, 0.3) is 0 Å². The van der Waals surface area contributed by atoms with Crippen molar-refractivity contribution in [1.82, 2.24) is 4.90 Å². The average Bonchev–Trinajstić information content (AvgIpc) is 2.46. The highest BCUT2D eigenvalue weighted by Crippen LogP contribution is 2.21. The summed E-state index contributed by atoms with van der Waals surface area (Å²) in [5, 5.41) is 0. The first-order chi connectivity index (χ1) is 9.16. The number of likely N-dealkylation sites (tertiary alicyclic amines) is 1. The largest absolute Gasteiger partial charge is 0.294 e. The Kier molecular flexibility index (Phi) is 7.17. The normalized spacial score (nSPS) is 18.3. The Hall–Kier alpha value is -0.930. The fraction of sp³-hybridized carbons (Fsp3) is 0.562. The molecule has 1 aliphatic rings. The highest BCUT2D eigenvalue weighted by atomic mass is 35.5. The van der Waals surface area contributed by atoms with E-state index in [0.717, 1.165) is 25.9 Å². The Labute approximate surface area is 126 Å². The molecule has 1 heterocycles. The summed E-state index contributed by atoms with van der Waals surface area (Å²) in [6.07, 6.45) is 1.75. The SMILES string of the molecule is CC1CCN(C(F)CCC(=O)c2ccccc2)CC1.Cl. The van der Waals surface area contributed by atoms with Gasteiger partial charge in [-0.05, 0) is 25.2 Å². The summed E-state index contributed by atoms with van der Waals surface area (Å²) in [4.78, 5) is 13.8. The number of nitrogens with zero attached hydrogens (tertiary/aromatic N) is 1. The molecular weight excluding hydrogens is 277 g/mol. The van der Waals surface area contributed by atoms with E-state index in [2.05, 4.69) is 6.92 Å². The number of carbonyl (C=O) groups is 1. The molecule has 1 atom stereocenters. The van der Waals surface area contributed by atoms with E-state index in [-0.39, 0.29) is 24.6 Å². The van der Waals surface area contributed by atoms with E-state index in [1.54, 1.807) is 12.1 Å². The highest BCUT2D eigenvalue weighted by molar-refractivity contribution is 5.95. The van der Waals surface area contributed by atoms with Crippen LogP contribution in [0, 0.1) is 5.92 Å². The Balaban J connectivity index is 0.00000200. The smallest absolute Gasteiger partial charge is 0.163 e. The number of piperidine rings is 1. The van der Waals surface area contributed by atoms with Gasteiger partial charge in [0.15, 0.2) is 12.1 Å². The molecule has 0 aromatic heterocycles. The zero-order chi connectivity index (χ0) is 13.7. The Morgan fingerprint density at radius 3 is 2.50 bits per heavy atom. The summed E-state index contributed by atoms with van der Waals surface area (Å²) in [7, 11) is 0. The molecule has 1 unspecified atom stereocenters. The van der Waals surface area contributed by atoms with Gasteiger partial charge >= 0.3 is 0 Å². The Morgan fingerprint density at radius 2 is 1.90 bits per heavy atom. The third-order valence-electron chi connectivity index (χ3n) is 3.92. The van der Waals surface area contributed by atoms with E-state index in [1.807, 2.05) is 23.1 Å². The average molecular weight is 300 g/mol. The van der Waals surface area contributed by atoms with Crippen LogP contribution in [0.4, 0.5) is 4.39 Å². The third kappa shape index (κ3) is 4.88. The van der Waals surface area contributed by atoms with E-state index in [1.165, 1.54) is 0 Å². The van der Waals surface area contributed by atoms with Gasteiger partial charge in [-0.3, -0.25) is 9.69 Å². The maximum absolute atomic E-state index is 14.1. The number of Topliss-reactive ketones (excluding diaryl/α,β-unsaturated/α-hetero) is 1. The lowest BCUT2D eigenvalue weighted by Crippen LogP contribution is -2.38. The van der Waals surface area contributed by atoms with Gasteiger partial charge in [-0.25, -0.2) is 4.39 Å². The second-order valence-electron chi connectivity index (χ2n) is 5.48. The van der Waals surface area contributed by atoms with E-state index in [9.17, 15) is 9.18 Å². The van der Waals surface area contributed by atoms with Crippen LogP contribution in [0.3, 0.4) is 0 Å². The summed E-state index contributed by atoms with van der Waals surface area (Å²) in [5.74, 6) is 0.739. The summed E-state index contributed by atoms with van der Waals surface area (Å²) in [6, 6.07) is 9.14. The first-order valence-electron chi connectivity index (χ1n) is 7.13. The van der Waals surface area contributed by atoms with E-state index >= 15 is 0 Å². The van der Waals surface area contributed by atoms with Crippen molar-refractivity contribution in [3.63, 3.8) is 0 Å². The minimum absolute atomic E-state index is 0. The van der Waals surface area contributed by atoms with Crippen LogP contribution in [0.15, 0.2) is 30.3 Å². The minimum Gasteiger partial charge on any atom is -0.294 e. The fourth-order valence-corrected chi connectivity index (χ4v) is 2.51. The second kappa shape index (κ2) is 8.38. The molecule has 0 amide bonds. The molecule has 1 aromatic carbocycles. The van der Waals surface area contributed by atoms with Crippen molar-refractivity contribution in [3.05, 3.63) is 35.9 Å². The number of hydrogen-bond acceptors (Lipinski definition) is 2. The quantitative estimate of drug-likeness (QED) is 0.603. The topological polar surface area (TPSA) is 20.3 Å². The molecule has 1 fully saturated rings. The summed E-state index contributed by atoms with van der Waals surface area (Å²) >= 11 is 0. The van der Waals surface area contributed by atoms with Gasteiger partial charge in [-0.2, -0.15) is 0 Å².